The maximum Gasteiger partial charge on any atom is 0.283 e. The molecule has 4 aromatic rings. The highest BCUT2D eigenvalue weighted by Crippen LogP contribution is 2.29. The van der Waals surface area contributed by atoms with Crippen molar-refractivity contribution in [2.75, 3.05) is 5.73 Å². The van der Waals surface area contributed by atoms with Gasteiger partial charge in [-0.3, -0.25) is 9.89 Å². The van der Waals surface area contributed by atoms with Crippen molar-refractivity contribution in [3.05, 3.63) is 76.4 Å². The molecule has 0 aliphatic rings. The number of nitrogen functional groups attached to an aromatic ring is 1. The number of nitrogens with one attached hydrogen (secondary N) is 1. The minimum absolute atomic E-state index is 0.201. The van der Waals surface area contributed by atoms with Crippen molar-refractivity contribution in [2.45, 2.75) is 0 Å². The summed E-state index contributed by atoms with van der Waals surface area (Å²) in [7, 11) is 0. The van der Waals surface area contributed by atoms with E-state index < -0.39 is 0 Å². The number of aromatic amines is 1. The molecule has 0 atom stereocenters. The summed E-state index contributed by atoms with van der Waals surface area (Å²) in [6.45, 7) is 0. The Labute approximate surface area is 142 Å². The molecule has 0 amide bonds. The molecule has 0 unspecified atom stereocenters. The number of rotatable bonds is 3. The molecule has 0 radical (unpaired) electrons. The first-order chi connectivity index (χ1) is 11.7. The number of H-pyrrole nitrogens is 1. The third kappa shape index (κ3) is 2.43. The lowest BCUT2D eigenvalue weighted by Crippen LogP contribution is -2.15. The van der Waals surface area contributed by atoms with Gasteiger partial charge in [-0.05, 0) is 12.1 Å². The molecule has 0 saturated carbocycles. The number of thiazole rings is 1. The summed E-state index contributed by atoms with van der Waals surface area (Å²) in [6.07, 6.45) is 0. The van der Waals surface area contributed by atoms with Crippen LogP contribution in [0.25, 0.3) is 27.5 Å². The van der Waals surface area contributed by atoms with Crippen LogP contribution in [0, 0.1) is 0 Å². The Morgan fingerprint density at radius 1 is 1.00 bits per heavy atom. The van der Waals surface area contributed by atoms with Crippen molar-refractivity contribution in [3.63, 3.8) is 0 Å². The quantitative estimate of drug-likeness (QED) is 0.601. The highest BCUT2D eigenvalue weighted by atomic mass is 32.1. The van der Waals surface area contributed by atoms with Crippen LogP contribution in [0.15, 0.2) is 70.8 Å². The normalized spacial score (nSPS) is 10.8. The molecule has 0 spiro atoms. The number of hydrogen-bond donors (Lipinski definition) is 2. The van der Waals surface area contributed by atoms with Gasteiger partial charge in [0.15, 0.2) is 0 Å². The Balaban J connectivity index is 1.80. The van der Waals surface area contributed by atoms with E-state index in [-0.39, 0.29) is 5.56 Å². The fourth-order valence-electron chi connectivity index (χ4n) is 2.55. The van der Waals surface area contributed by atoms with E-state index in [4.69, 9.17) is 5.73 Å². The summed E-state index contributed by atoms with van der Waals surface area (Å²) in [5.41, 5.74) is 8.84. The second-order valence-corrected chi connectivity index (χ2v) is 6.14. The molecule has 24 heavy (non-hydrogen) atoms. The molecule has 2 aromatic carbocycles. The smallest absolute Gasteiger partial charge is 0.283 e. The van der Waals surface area contributed by atoms with Crippen molar-refractivity contribution < 1.29 is 0 Å². The van der Waals surface area contributed by atoms with Crippen molar-refractivity contribution >= 4 is 17.2 Å². The van der Waals surface area contributed by atoms with Crippen LogP contribution in [0.1, 0.15) is 0 Å². The van der Waals surface area contributed by atoms with Crippen molar-refractivity contribution in [1.82, 2.24) is 14.8 Å². The molecule has 2 aromatic heterocycles. The van der Waals surface area contributed by atoms with Gasteiger partial charge in [-0.2, -0.15) is 0 Å². The average Bonchev–Trinajstić information content (AvgIpc) is 3.21. The van der Waals surface area contributed by atoms with Gasteiger partial charge >= 0.3 is 0 Å². The summed E-state index contributed by atoms with van der Waals surface area (Å²) in [6, 6.07) is 19.2. The van der Waals surface area contributed by atoms with Crippen LogP contribution in [-0.4, -0.2) is 14.8 Å². The average molecular weight is 334 g/mol. The number of aromatic nitrogens is 3. The summed E-state index contributed by atoms with van der Waals surface area (Å²) in [5.74, 6) is 0.317. The number of nitrogens with zero attached hydrogens (tertiary/aromatic N) is 2. The number of nitrogens with two attached hydrogens (primary N) is 1. The van der Waals surface area contributed by atoms with Crippen LogP contribution in [0.4, 0.5) is 5.82 Å². The molecule has 118 valence electrons. The highest BCUT2D eigenvalue weighted by molar-refractivity contribution is 7.13. The Kier molecular flexibility index (Phi) is 3.51. The lowest BCUT2D eigenvalue weighted by Gasteiger charge is -1.99. The number of benzene rings is 2. The van der Waals surface area contributed by atoms with Crippen molar-refractivity contribution in [2.24, 2.45) is 0 Å². The third-order valence-corrected chi connectivity index (χ3v) is 4.58. The molecular weight excluding hydrogens is 320 g/mol. The first-order valence-corrected chi connectivity index (χ1v) is 8.29. The zero-order valence-corrected chi connectivity index (χ0v) is 13.5. The predicted octanol–water partition coefficient (Wildman–Crippen LogP) is 3.54. The van der Waals surface area contributed by atoms with Crippen molar-refractivity contribution in [1.29, 1.82) is 0 Å². The van der Waals surface area contributed by atoms with E-state index in [1.165, 1.54) is 16.0 Å². The maximum absolute atomic E-state index is 12.8. The van der Waals surface area contributed by atoms with Crippen LogP contribution in [0.3, 0.4) is 0 Å². The molecule has 0 fully saturated rings. The van der Waals surface area contributed by atoms with E-state index in [1.54, 1.807) is 0 Å². The van der Waals surface area contributed by atoms with E-state index in [9.17, 15) is 4.79 Å². The Hall–Kier alpha value is -3.12. The zero-order valence-electron chi connectivity index (χ0n) is 12.6. The second kappa shape index (κ2) is 5.82. The highest BCUT2D eigenvalue weighted by Gasteiger charge is 2.18. The Morgan fingerprint density at radius 2 is 1.67 bits per heavy atom. The molecule has 0 saturated heterocycles. The Bertz CT molecular complexity index is 1030. The minimum Gasteiger partial charge on any atom is -0.383 e. The summed E-state index contributed by atoms with van der Waals surface area (Å²) >= 11 is 1.41. The van der Waals surface area contributed by atoms with E-state index in [0.29, 0.717) is 16.4 Å². The van der Waals surface area contributed by atoms with E-state index in [1.807, 2.05) is 66.0 Å². The van der Waals surface area contributed by atoms with Gasteiger partial charge in [0, 0.05) is 10.9 Å². The summed E-state index contributed by atoms with van der Waals surface area (Å²) < 4.78 is 1.44. The van der Waals surface area contributed by atoms with Crippen LogP contribution in [0.5, 0.6) is 0 Å². The molecule has 4 rings (SSSR count). The van der Waals surface area contributed by atoms with Gasteiger partial charge in [-0.15, -0.1) is 11.3 Å². The van der Waals surface area contributed by atoms with Crippen LogP contribution in [0.2, 0.25) is 0 Å². The molecule has 0 bridgehead atoms. The fourth-order valence-corrected chi connectivity index (χ4v) is 3.43. The number of anilines is 1. The van der Waals surface area contributed by atoms with Gasteiger partial charge in [0.1, 0.15) is 16.4 Å². The molecule has 5 nitrogen and oxygen atoms in total. The molecular formula is C18H14N4OS. The monoisotopic (exact) mass is 334 g/mol. The van der Waals surface area contributed by atoms with Gasteiger partial charge in [0.05, 0.1) is 11.4 Å². The number of para-hydroxylation sites is 1. The topological polar surface area (TPSA) is 76.7 Å². The first kappa shape index (κ1) is 14.5. The van der Waals surface area contributed by atoms with E-state index in [2.05, 4.69) is 10.1 Å². The standard InChI is InChI=1S/C18H14N4OS/c19-16-15(18(23)22(21-16)13-9-5-2-6-10-13)17-20-14(11-24-17)12-7-3-1-4-8-12/h1-11,21H,19H2. The second-order valence-electron chi connectivity index (χ2n) is 5.28. The van der Waals surface area contributed by atoms with Crippen molar-refractivity contribution in [3.8, 4) is 27.5 Å². The summed E-state index contributed by atoms with van der Waals surface area (Å²) in [5, 5.41) is 5.47. The number of hydrogen-bond acceptors (Lipinski definition) is 4. The lowest BCUT2D eigenvalue weighted by atomic mass is 10.2. The van der Waals surface area contributed by atoms with Crippen LogP contribution >= 0.6 is 11.3 Å². The third-order valence-electron chi connectivity index (χ3n) is 3.72. The SMILES string of the molecule is Nc1[nH]n(-c2ccccc2)c(=O)c1-c1nc(-c2ccccc2)cs1. The van der Waals surface area contributed by atoms with Gasteiger partial charge in [-0.1, -0.05) is 48.5 Å². The molecule has 2 heterocycles. The van der Waals surface area contributed by atoms with Gasteiger partial charge in [0.25, 0.3) is 5.56 Å². The lowest BCUT2D eigenvalue weighted by molar-refractivity contribution is 0.854. The molecule has 3 N–H and O–H groups in total. The molecule has 0 aliphatic heterocycles. The zero-order chi connectivity index (χ0) is 16.5. The van der Waals surface area contributed by atoms with Gasteiger partial charge in [0.2, 0.25) is 0 Å². The van der Waals surface area contributed by atoms with Crippen LogP contribution in [-0.2, 0) is 0 Å². The van der Waals surface area contributed by atoms with Gasteiger partial charge < -0.3 is 5.73 Å². The molecule has 0 aliphatic carbocycles. The first-order valence-electron chi connectivity index (χ1n) is 7.41. The maximum atomic E-state index is 12.8. The van der Waals surface area contributed by atoms with E-state index >= 15 is 0 Å². The summed E-state index contributed by atoms with van der Waals surface area (Å²) in [4.78, 5) is 17.3. The fraction of sp³-hybridized carbons (Fsp3) is 0. The minimum atomic E-state index is -0.201. The van der Waals surface area contributed by atoms with E-state index in [0.717, 1.165) is 16.9 Å². The van der Waals surface area contributed by atoms with Gasteiger partial charge in [-0.25, -0.2) is 9.67 Å². The predicted molar refractivity (Wildman–Crippen MR) is 97.3 cm³/mol. The Morgan fingerprint density at radius 3 is 2.38 bits per heavy atom. The largest absolute Gasteiger partial charge is 0.383 e. The molecule has 6 heteroatoms. The van der Waals surface area contributed by atoms with Crippen LogP contribution < -0.4 is 11.3 Å².